The van der Waals surface area contributed by atoms with Crippen molar-refractivity contribution < 1.29 is 4.74 Å². The molecule has 1 saturated heterocycles. The van der Waals surface area contributed by atoms with Gasteiger partial charge in [-0.25, -0.2) is 4.98 Å². The zero-order valence-corrected chi connectivity index (χ0v) is 18.1. The van der Waals surface area contributed by atoms with Crippen LogP contribution >= 0.6 is 0 Å². The highest BCUT2D eigenvalue weighted by atomic mass is 16.5. The van der Waals surface area contributed by atoms with Gasteiger partial charge >= 0.3 is 0 Å². The van der Waals surface area contributed by atoms with E-state index in [0.29, 0.717) is 11.8 Å². The summed E-state index contributed by atoms with van der Waals surface area (Å²) >= 11 is 0. The molecule has 0 radical (unpaired) electrons. The fraction of sp³-hybridized carbons (Fsp3) is 0.440. The molecule has 0 amide bonds. The molecule has 3 aromatic rings. The zero-order chi connectivity index (χ0) is 21.2. The molecule has 4 heterocycles. The molecule has 31 heavy (non-hydrogen) atoms. The highest BCUT2D eigenvalue weighted by molar-refractivity contribution is 5.30. The highest BCUT2D eigenvalue weighted by Crippen LogP contribution is 2.42. The van der Waals surface area contributed by atoms with Gasteiger partial charge in [-0.1, -0.05) is 18.2 Å². The standard InChI is InChI=1S/C25H30N4O2/c1-31-22-6-2-5-19(13-22)14-24-21-15-20(23-7-3-8-25(30)29(23)24)16-28(17-21)11-4-10-27-12-9-26-18-27/h2-3,5-9,12-13,18,20-21,24H,4,10-11,14-17H2,1H3/t20-,21+,24+/m1/s1. The first-order valence-corrected chi connectivity index (χ1v) is 11.2. The van der Waals surface area contributed by atoms with E-state index in [1.165, 1.54) is 11.3 Å². The number of imidazole rings is 1. The van der Waals surface area contributed by atoms with Gasteiger partial charge in [0.05, 0.1) is 13.4 Å². The molecule has 2 aromatic heterocycles. The van der Waals surface area contributed by atoms with Crippen molar-refractivity contribution in [2.45, 2.75) is 37.8 Å². The van der Waals surface area contributed by atoms with Gasteiger partial charge in [0.15, 0.2) is 0 Å². The minimum atomic E-state index is 0.133. The van der Waals surface area contributed by atoms with E-state index < -0.39 is 0 Å². The van der Waals surface area contributed by atoms with Gasteiger partial charge in [-0.05, 0) is 55.5 Å². The second-order valence-electron chi connectivity index (χ2n) is 8.89. The molecule has 0 aliphatic carbocycles. The Morgan fingerprint density at radius 3 is 2.87 bits per heavy atom. The summed E-state index contributed by atoms with van der Waals surface area (Å²) in [6.07, 6.45) is 8.88. The number of hydrogen-bond acceptors (Lipinski definition) is 4. The zero-order valence-electron chi connectivity index (χ0n) is 18.1. The van der Waals surface area contributed by atoms with E-state index in [1.54, 1.807) is 13.2 Å². The van der Waals surface area contributed by atoms with E-state index in [2.05, 4.69) is 37.2 Å². The van der Waals surface area contributed by atoms with Crippen LogP contribution in [-0.4, -0.2) is 45.8 Å². The van der Waals surface area contributed by atoms with E-state index >= 15 is 0 Å². The molecular formula is C25H30N4O2. The first-order valence-electron chi connectivity index (χ1n) is 11.2. The molecule has 1 aromatic carbocycles. The minimum Gasteiger partial charge on any atom is -0.497 e. The molecule has 2 bridgehead atoms. The first-order chi connectivity index (χ1) is 15.2. The maximum Gasteiger partial charge on any atom is 0.251 e. The summed E-state index contributed by atoms with van der Waals surface area (Å²) in [6.45, 7) is 4.16. The molecular weight excluding hydrogens is 388 g/mol. The average molecular weight is 419 g/mol. The van der Waals surface area contributed by atoms with Crippen molar-refractivity contribution in [2.24, 2.45) is 5.92 Å². The van der Waals surface area contributed by atoms with Crippen molar-refractivity contribution >= 4 is 0 Å². The lowest BCUT2D eigenvalue weighted by molar-refractivity contribution is 0.0886. The molecule has 6 nitrogen and oxygen atoms in total. The Hall–Kier alpha value is -2.86. The fourth-order valence-electron chi connectivity index (χ4n) is 5.52. The smallest absolute Gasteiger partial charge is 0.251 e. The largest absolute Gasteiger partial charge is 0.497 e. The molecule has 2 aliphatic heterocycles. The summed E-state index contributed by atoms with van der Waals surface area (Å²) in [5.41, 5.74) is 2.56. The summed E-state index contributed by atoms with van der Waals surface area (Å²) in [4.78, 5) is 19.7. The van der Waals surface area contributed by atoms with Crippen molar-refractivity contribution in [3.8, 4) is 5.75 Å². The van der Waals surface area contributed by atoms with Crippen LogP contribution in [0.15, 0.2) is 66.0 Å². The molecule has 5 rings (SSSR count). The number of likely N-dealkylation sites (tertiary alicyclic amines) is 1. The Bertz CT molecular complexity index is 1080. The van der Waals surface area contributed by atoms with Crippen LogP contribution in [0.3, 0.4) is 0 Å². The first kappa shape index (κ1) is 20.1. The van der Waals surface area contributed by atoms with E-state index in [0.717, 1.165) is 51.2 Å². The second kappa shape index (κ2) is 8.71. The van der Waals surface area contributed by atoms with Gasteiger partial charge in [0.25, 0.3) is 5.56 Å². The van der Waals surface area contributed by atoms with E-state index in [4.69, 9.17) is 4.74 Å². The normalized spacial score (nSPS) is 22.8. The monoisotopic (exact) mass is 418 g/mol. The van der Waals surface area contributed by atoms with E-state index in [9.17, 15) is 4.79 Å². The molecule has 0 saturated carbocycles. The highest BCUT2D eigenvalue weighted by Gasteiger charge is 2.40. The van der Waals surface area contributed by atoms with Gasteiger partial charge in [0, 0.05) is 55.7 Å². The summed E-state index contributed by atoms with van der Waals surface area (Å²) in [5.74, 6) is 1.78. The molecule has 3 atom stereocenters. The molecule has 0 spiro atoms. The quantitative estimate of drug-likeness (QED) is 0.591. The van der Waals surface area contributed by atoms with Crippen molar-refractivity contribution in [3.63, 3.8) is 0 Å². The average Bonchev–Trinajstić information content (AvgIpc) is 3.30. The molecule has 6 heteroatoms. The van der Waals surface area contributed by atoms with Crippen LogP contribution in [0.2, 0.25) is 0 Å². The SMILES string of the molecule is COc1cccc(C[C@H]2[C@H]3C[C@H](CN(CCCn4ccnc4)C3)c3cccc(=O)n32)c1. The van der Waals surface area contributed by atoms with Gasteiger partial charge in [-0.3, -0.25) is 4.79 Å². The fourth-order valence-corrected chi connectivity index (χ4v) is 5.52. The number of aromatic nitrogens is 3. The Balaban J connectivity index is 1.38. The number of pyridine rings is 1. The molecule has 0 N–H and O–H groups in total. The molecule has 1 fully saturated rings. The number of fused-ring (bicyclic) bond motifs is 4. The van der Waals surface area contributed by atoms with Crippen LogP contribution in [0, 0.1) is 5.92 Å². The number of piperidine rings is 1. The summed E-state index contributed by atoms with van der Waals surface area (Å²) in [7, 11) is 1.70. The third-order valence-electron chi connectivity index (χ3n) is 6.90. The van der Waals surface area contributed by atoms with Crippen molar-refractivity contribution in [1.82, 2.24) is 19.0 Å². The summed E-state index contributed by atoms with van der Waals surface area (Å²) in [5, 5.41) is 0. The van der Waals surface area contributed by atoms with Crippen molar-refractivity contribution in [2.75, 3.05) is 26.7 Å². The number of methoxy groups -OCH3 is 1. The van der Waals surface area contributed by atoms with E-state index in [-0.39, 0.29) is 11.6 Å². The van der Waals surface area contributed by atoms with Crippen molar-refractivity contribution in [3.05, 3.63) is 82.8 Å². The van der Waals surface area contributed by atoms with Gasteiger partial charge in [0.2, 0.25) is 0 Å². The lowest BCUT2D eigenvalue weighted by Gasteiger charge is -2.47. The molecule has 162 valence electrons. The second-order valence-corrected chi connectivity index (χ2v) is 8.89. The minimum absolute atomic E-state index is 0.133. The van der Waals surface area contributed by atoms with Crippen LogP contribution in [0.1, 0.15) is 36.1 Å². The van der Waals surface area contributed by atoms with Gasteiger partial charge < -0.3 is 18.8 Å². The number of ether oxygens (including phenoxy) is 1. The molecule has 0 unspecified atom stereocenters. The predicted molar refractivity (Wildman–Crippen MR) is 121 cm³/mol. The molecule has 2 aliphatic rings. The third-order valence-corrected chi connectivity index (χ3v) is 6.90. The maximum atomic E-state index is 12.9. The lowest BCUT2D eigenvalue weighted by atomic mass is 9.76. The Labute approximate surface area is 183 Å². The maximum absolute atomic E-state index is 12.9. The third kappa shape index (κ3) is 4.17. The van der Waals surface area contributed by atoms with Gasteiger partial charge in [0.1, 0.15) is 5.75 Å². The van der Waals surface area contributed by atoms with Crippen LogP contribution in [0.5, 0.6) is 5.75 Å². The topological polar surface area (TPSA) is 52.3 Å². The number of benzene rings is 1. The number of aryl methyl sites for hydroxylation is 1. The number of rotatable bonds is 7. The van der Waals surface area contributed by atoms with E-state index in [1.807, 2.05) is 36.9 Å². The Morgan fingerprint density at radius 2 is 2.03 bits per heavy atom. The number of hydrogen-bond donors (Lipinski definition) is 0. The number of nitrogens with zero attached hydrogens (tertiary/aromatic N) is 4. The Morgan fingerprint density at radius 1 is 1.13 bits per heavy atom. The van der Waals surface area contributed by atoms with Crippen LogP contribution in [0.4, 0.5) is 0 Å². The predicted octanol–water partition coefficient (Wildman–Crippen LogP) is 3.35. The summed E-state index contributed by atoms with van der Waals surface area (Å²) in [6, 6.07) is 14.3. The van der Waals surface area contributed by atoms with Crippen LogP contribution in [0.25, 0.3) is 0 Å². The van der Waals surface area contributed by atoms with Crippen LogP contribution < -0.4 is 10.3 Å². The summed E-state index contributed by atoms with van der Waals surface area (Å²) < 4.78 is 9.67. The van der Waals surface area contributed by atoms with Gasteiger partial charge in [-0.2, -0.15) is 0 Å². The van der Waals surface area contributed by atoms with Crippen LogP contribution in [-0.2, 0) is 13.0 Å². The Kier molecular flexibility index (Phi) is 5.64. The van der Waals surface area contributed by atoms with Gasteiger partial charge in [-0.15, -0.1) is 0 Å². The lowest BCUT2D eigenvalue weighted by Crippen LogP contribution is -2.50. The van der Waals surface area contributed by atoms with Crippen molar-refractivity contribution in [1.29, 1.82) is 0 Å².